The number of nitrogens with zero attached hydrogens (tertiary/aromatic N) is 4. The summed E-state index contributed by atoms with van der Waals surface area (Å²) >= 11 is 1.29. The number of hydrogen-bond acceptors (Lipinski definition) is 5. The molecule has 0 aliphatic carbocycles. The number of alkyl halides is 3. The number of hydrogen-bond donors (Lipinski definition) is 1. The molecule has 1 amide bonds. The Morgan fingerprint density at radius 2 is 1.84 bits per heavy atom. The van der Waals surface area contributed by atoms with E-state index >= 15 is 0 Å². The molecule has 0 radical (unpaired) electrons. The summed E-state index contributed by atoms with van der Waals surface area (Å²) in [6.07, 6.45) is -1.23. The van der Waals surface area contributed by atoms with Gasteiger partial charge in [0.2, 0.25) is 5.91 Å². The van der Waals surface area contributed by atoms with Gasteiger partial charge in [-0.3, -0.25) is 4.79 Å². The molecule has 1 N–H and O–H groups in total. The summed E-state index contributed by atoms with van der Waals surface area (Å²) in [6, 6.07) is 12.2. The molecule has 0 aliphatic rings. The van der Waals surface area contributed by atoms with Crippen LogP contribution in [-0.4, -0.2) is 25.7 Å². The fraction of sp³-hybridized carbons (Fsp3) is 0.182. The number of halogens is 3. The smallest absolute Gasteiger partial charge is 0.349 e. The molecule has 4 aromatic rings. The first-order valence-corrected chi connectivity index (χ1v) is 10.5. The lowest BCUT2D eigenvalue weighted by atomic mass is 10.1. The molecule has 0 bridgehead atoms. The largest absolute Gasteiger partial charge is 0.416 e. The van der Waals surface area contributed by atoms with Crippen molar-refractivity contribution in [2.24, 2.45) is 0 Å². The molecule has 164 valence electrons. The lowest BCUT2D eigenvalue weighted by Crippen LogP contribution is -2.28. The maximum atomic E-state index is 12.7. The zero-order valence-corrected chi connectivity index (χ0v) is 17.7. The van der Waals surface area contributed by atoms with Gasteiger partial charge in [0.05, 0.1) is 29.4 Å². The van der Waals surface area contributed by atoms with E-state index in [1.807, 2.05) is 31.2 Å². The van der Waals surface area contributed by atoms with Crippen molar-refractivity contribution in [1.82, 2.24) is 25.1 Å². The first kappa shape index (κ1) is 21.7. The molecule has 2 heterocycles. The first-order chi connectivity index (χ1) is 15.3. The molecule has 10 heteroatoms. The Morgan fingerprint density at radius 1 is 1.12 bits per heavy atom. The number of nitrogens with one attached hydrogen (secondary N) is 1. The number of carbonyl (C=O) groups excluding carboxylic acids is 1. The third-order valence-electron chi connectivity index (χ3n) is 4.81. The number of aromatic nitrogens is 4. The standard InChI is InChI=1S/C22H18F3N5OS/c1-14(15-4-8-19(9-5-15)30-13-26-12-27-30)28-20(31)10-18-11-32-21(29-18)16-2-6-17(7-3-16)22(23,24)25/h2-9,11-14H,10H2,1H3,(H,28,31). The average molecular weight is 457 g/mol. The summed E-state index contributed by atoms with van der Waals surface area (Å²) in [5.41, 5.74) is 2.24. The fourth-order valence-electron chi connectivity index (χ4n) is 3.12. The maximum Gasteiger partial charge on any atom is 0.416 e. The Balaban J connectivity index is 1.36. The third-order valence-corrected chi connectivity index (χ3v) is 5.75. The Kier molecular flexibility index (Phi) is 6.04. The lowest BCUT2D eigenvalue weighted by molar-refractivity contribution is -0.137. The van der Waals surface area contributed by atoms with Crippen molar-refractivity contribution in [3.05, 3.63) is 83.4 Å². The molecule has 2 aromatic carbocycles. The molecule has 0 saturated heterocycles. The molecule has 1 atom stereocenters. The third kappa shape index (κ3) is 5.02. The van der Waals surface area contributed by atoms with Crippen molar-refractivity contribution >= 4 is 17.2 Å². The number of amides is 1. The van der Waals surface area contributed by atoms with Crippen LogP contribution in [0, 0.1) is 0 Å². The minimum atomic E-state index is -4.38. The molecule has 1 unspecified atom stereocenters. The molecule has 4 rings (SSSR count). The highest BCUT2D eigenvalue weighted by molar-refractivity contribution is 7.13. The summed E-state index contributed by atoms with van der Waals surface area (Å²) in [5, 5.41) is 9.32. The topological polar surface area (TPSA) is 72.7 Å². The van der Waals surface area contributed by atoms with Crippen molar-refractivity contribution < 1.29 is 18.0 Å². The van der Waals surface area contributed by atoms with Crippen LogP contribution in [0.25, 0.3) is 16.3 Å². The second-order valence-electron chi connectivity index (χ2n) is 7.12. The van der Waals surface area contributed by atoms with Gasteiger partial charge < -0.3 is 5.32 Å². The number of carbonyl (C=O) groups is 1. The zero-order chi connectivity index (χ0) is 22.7. The Bertz CT molecular complexity index is 1190. The molecule has 0 spiro atoms. The van der Waals surface area contributed by atoms with Gasteiger partial charge in [0.1, 0.15) is 17.7 Å². The molecule has 0 saturated carbocycles. The summed E-state index contributed by atoms with van der Waals surface area (Å²) < 4.78 is 39.8. The second-order valence-corrected chi connectivity index (χ2v) is 7.97. The minimum Gasteiger partial charge on any atom is -0.349 e. The van der Waals surface area contributed by atoms with E-state index in [-0.39, 0.29) is 18.4 Å². The Labute approximate surface area is 185 Å². The second kappa shape index (κ2) is 8.91. The predicted octanol–water partition coefficient (Wildman–Crippen LogP) is 4.83. The molecular formula is C22H18F3N5OS. The van der Waals surface area contributed by atoms with Crippen LogP contribution < -0.4 is 5.32 Å². The molecule has 0 fully saturated rings. The fourth-order valence-corrected chi connectivity index (χ4v) is 3.95. The van der Waals surface area contributed by atoms with Crippen LogP contribution >= 0.6 is 11.3 Å². The predicted molar refractivity (Wildman–Crippen MR) is 114 cm³/mol. The van der Waals surface area contributed by atoms with E-state index in [2.05, 4.69) is 20.4 Å². The summed E-state index contributed by atoms with van der Waals surface area (Å²) in [5.74, 6) is -0.192. The van der Waals surface area contributed by atoms with Crippen LogP contribution in [0.3, 0.4) is 0 Å². The zero-order valence-electron chi connectivity index (χ0n) is 16.9. The van der Waals surface area contributed by atoms with Crippen molar-refractivity contribution in [3.63, 3.8) is 0 Å². The van der Waals surface area contributed by atoms with E-state index in [4.69, 9.17) is 0 Å². The van der Waals surface area contributed by atoms with Crippen LogP contribution in [-0.2, 0) is 17.4 Å². The lowest BCUT2D eigenvalue weighted by Gasteiger charge is -2.14. The van der Waals surface area contributed by atoms with Gasteiger partial charge in [-0.2, -0.15) is 18.3 Å². The molecular weight excluding hydrogens is 439 g/mol. The van der Waals surface area contributed by atoms with Crippen LogP contribution in [0.15, 0.2) is 66.6 Å². The van der Waals surface area contributed by atoms with Crippen molar-refractivity contribution in [2.75, 3.05) is 0 Å². The summed E-state index contributed by atoms with van der Waals surface area (Å²) in [7, 11) is 0. The minimum absolute atomic E-state index is 0.0819. The van der Waals surface area contributed by atoms with E-state index in [1.54, 1.807) is 16.4 Å². The number of rotatable bonds is 6. The van der Waals surface area contributed by atoms with Crippen molar-refractivity contribution in [1.29, 1.82) is 0 Å². The first-order valence-electron chi connectivity index (χ1n) is 9.66. The quantitative estimate of drug-likeness (QED) is 0.450. The highest BCUT2D eigenvalue weighted by Crippen LogP contribution is 2.31. The normalized spacial score (nSPS) is 12.5. The average Bonchev–Trinajstić information content (AvgIpc) is 3.46. The van der Waals surface area contributed by atoms with Crippen molar-refractivity contribution in [2.45, 2.75) is 25.6 Å². The SMILES string of the molecule is CC(NC(=O)Cc1csc(-c2ccc(C(F)(F)F)cc2)n1)c1ccc(-n2cncn2)cc1. The van der Waals surface area contributed by atoms with Gasteiger partial charge in [0, 0.05) is 10.9 Å². The van der Waals surface area contributed by atoms with Gasteiger partial charge in [0.15, 0.2) is 0 Å². The van der Waals surface area contributed by atoms with Gasteiger partial charge >= 0.3 is 6.18 Å². The summed E-state index contributed by atoms with van der Waals surface area (Å²) in [6.45, 7) is 1.89. The van der Waals surface area contributed by atoms with E-state index < -0.39 is 11.7 Å². The van der Waals surface area contributed by atoms with Gasteiger partial charge in [-0.25, -0.2) is 14.6 Å². The monoisotopic (exact) mass is 457 g/mol. The van der Waals surface area contributed by atoms with Crippen LogP contribution in [0.2, 0.25) is 0 Å². The van der Waals surface area contributed by atoms with E-state index in [0.29, 0.717) is 16.3 Å². The van der Waals surface area contributed by atoms with Crippen molar-refractivity contribution in [3.8, 4) is 16.3 Å². The molecule has 32 heavy (non-hydrogen) atoms. The van der Waals surface area contributed by atoms with Crippen LogP contribution in [0.1, 0.15) is 29.8 Å². The van der Waals surface area contributed by atoms with E-state index in [0.717, 1.165) is 23.4 Å². The maximum absolute atomic E-state index is 12.7. The van der Waals surface area contributed by atoms with Crippen LogP contribution in [0.5, 0.6) is 0 Å². The molecule has 2 aromatic heterocycles. The highest BCUT2D eigenvalue weighted by Gasteiger charge is 2.30. The van der Waals surface area contributed by atoms with E-state index in [9.17, 15) is 18.0 Å². The van der Waals surface area contributed by atoms with Gasteiger partial charge in [-0.05, 0) is 36.8 Å². The number of thiazole rings is 1. The molecule has 6 nitrogen and oxygen atoms in total. The Hall–Kier alpha value is -3.53. The van der Waals surface area contributed by atoms with Crippen LogP contribution in [0.4, 0.5) is 13.2 Å². The number of benzene rings is 2. The Morgan fingerprint density at radius 3 is 2.47 bits per heavy atom. The molecule has 0 aliphatic heterocycles. The van der Waals surface area contributed by atoms with Gasteiger partial charge in [-0.1, -0.05) is 24.3 Å². The van der Waals surface area contributed by atoms with Gasteiger partial charge in [0.25, 0.3) is 0 Å². The summed E-state index contributed by atoms with van der Waals surface area (Å²) in [4.78, 5) is 20.8. The van der Waals surface area contributed by atoms with Gasteiger partial charge in [-0.15, -0.1) is 11.3 Å². The highest BCUT2D eigenvalue weighted by atomic mass is 32.1. The van der Waals surface area contributed by atoms with E-state index in [1.165, 1.54) is 29.8 Å².